The Hall–Kier alpha value is -0.900. The standard InChI is InChI=1S/C21H37NO2/c1-8-18-9-11-19(12-10-18)17-24-21(4,5)14-16-23-20(2,3)13-15-22(6)7/h8-11,19H,1,12-17H2,2-7H3. The van der Waals surface area contributed by atoms with Crippen molar-refractivity contribution in [3.63, 3.8) is 0 Å². The third-order valence-electron chi connectivity index (χ3n) is 4.50. The minimum absolute atomic E-state index is 0.0850. The van der Waals surface area contributed by atoms with Crippen molar-refractivity contribution in [2.24, 2.45) is 5.92 Å². The topological polar surface area (TPSA) is 21.7 Å². The lowest BCUT2D eigenvalue weighted by Crippen LogP contribution is -2.33. The van der Waals surface area contributed by atoms with Gasteiger partial charge in [-0.25, -0.2) is 0 Å². The van der Waals surface area contributed by atoms with Crippen LogP contribution in [-0.2, 0) is 9.47 Å². The first-order valence-corrected chi connectivity index (χ1v) is 9.07. The molecular formula is C21H37NO2. The van der Waals surface area contributed by atoms with Crippen LogP contribution in [0.5, 0.6) is 0 Å². The van der Waals surface area contributed by atoms with E-state index in [1.165, 1.54) is 5.57 Å². The molecule has 1 aliphatic rings. The molecule has 0 fully saturated rings. The molecule has 0 aromatic rings. The van der Waals surface area contributed by atoms with E-state index in [4.69, 9.17) is 9.47 Å². The highest BCUT2D eigenvalue weighted by Gasteiger charge is 2.23. The average Bonchev–Trinajstić information content (AvgIpc) is 2.51. The second kappa shape index (κ2) is 9.55. The van der Waals surface area contributed by atoms with Crippen molar-refractivity contribution in [1.29, 1.82) is 0 Å². The summed E-state index contributed by atoms with van der Waals surface area (Å²) in [5, 5.41) is 0. The van der Waals surface area contributed by atoms with Gasteiger partial charge in [0.25, 0.3) is 0 Å². The Labute approximate surface area is 149 Å². The van der Waals surface area contributed by atoms with Gasteiger partial charge in [0.2, 0.25) is 0 Å². The number of hydrogen-bond donors (Lipinski definition) is 0. The van der Waals surface area contributed by atoms with Gasteiger partial charge in [0.1, 0.15) is 0 Å². The number of ether oxygens (including phenoxy) is 2. The van der Waals surface area contributed by atoms with Crippen molar-refractivity contribution in [2.75, 3.05) is 33.9 Å². The van der Waals surface area contributed by atoms with Crippen molar-refractivity contribution in [2.45, 2.75) is 58.2 Å². The quantitative estimate of drug-likeness (QED) is 0.550. The largest absolute Gasteiger partial charge is 0.375 e. The molecule has 0 amide bonds. The molecule has 3 nitrogen and oxygen atoms in total. The summed E-state index contributed by atoms with van der Waals surface area (Å²) in [6.07, 6.45) is 11.5. The monoisotopic (exact) mass is 335 g/mol. The molecule has 3 heteroatoms. The van der Waals surface area contributed by atoms with E-state index < -0.39 is 0 Å². The maximum Gasteiger partial charge on any atom is 0.0648 e. The second-order valence-corrected chi connectivity index (χ2v) is 8.25. The predicted molar refractivity (Wildman–Crippen MR) is 103 cm³/mol. The van der Waals surface area contributed by atoms with Gasteiger partial charge in [0.15, 0.2) is 0 Å². The summed E-state index contributed by atoms with van der Waals surface area (Å²) in [6.45, 7) is 15.0. The third kappa shape index (κ3) is 8.81. The summed E-state index contributed by atoms with van der Waals surface area (Å²) in [6, 6.07) is 0. The van der Waals surface area contributed by atoms with Crippen LogP contribution in [0.4, 0.5) is 0 Å². The van der Waals surface area contributed by atoms with Gasteiger partial charge in [-0.05, 0) is 66.6 Å². The van der Waals surface area contributed by atoms with Crippen LogP contribution in [-0.4, -0.2) is 50.0 Å². The Kier molecular flexibility index (Phi) is 8.41. The van der Waals surface area contributed by atoms with Crippen LogP contribution < -0.4 is 0 Å². The molecule has 0 saturated heterocycles. The van der Waals surface area contributed by atoms with Crippen LogP contribution in [0.3, 0.4) is 0 Å². The lowest BCUT2D eigenvalue weighted by molar-refractivity contribution is -0.0799. The zero-order valence-electron chi connectivity index (χ0n) is 16.6. The van der Waals surface area contributed by atoms with E-state index in [1.807, 2.05) is 6.08 Å². The maximum atomic E-state index is 6.16. The van der Waals surface area contributed by atoms with Gasteiger partial charge in [-0.1, -0.05) is 30.9 Å². The highest BCUT2D eigenvalue weighted by molar-refractivity contribution is 5.32. The van der Waals surface area contributed by atoms with Gasteiger partial charge in [-0.15, -0.1) is 0 Å². The summed E-state index contributed by atoms with van der Waals surface area (Å²) >= 11 is 0. The van der Waals surface area contributed by atoms with Crippen LogP contribution in [0.1, 0.15) is 47.0 Å². The molecule has 0 radical (unpaired) electrons. The lowest BCUT2D eigenvalue weighted by atomic mass is 9.97. The summed E-state index contributed by atoms with van der Waals surface area (Å²) in [5.41, 5.74) is 0.963. The Morgan fingerprint density at radius 2 is 1.83 bits per heavy atom. The van der Waals surface area contributed by atoms with Gasteiger partial charge >= 0.3 is 0 Å². The summed E-state index contributed by atoms with van der Waals surface area (Å²) < 4.78 is 12.3. The van der Waals surface area contributed by atoms with Gasteiger partial charge in [-0.3, -0.25) is 0 Å². The number of hydrogen-bond acceptors (Lipinski definition) is 3. The van der Waals surface area contributed by atoms with Crippen molar-refractivity contribution in [3.8, 4) is 0 Å². The van der Waals surface area contributed by atoms with E-state index in [0.717, 1.165) is 39.0 Å². The number of allylic oxidation sites excluding steroid dienone is 4. The molecule has 0 heterocycles. The van der Waals surface area contributed by atoms with E-state index in [0.29, 0.717) is 5.92 Å². The normalized spacial score (nSPS) is 18.8. The summed E-state index contributed by atoms with van der Waals surface area (Å²) in [5.74, 6) is 0.463. The SMILES string of the molecule is C=CC1=CCC(COC(C)(C)CCOC(C)(C)CCN(C)C)C=C1. The van der Waals surface area contributed by atoms with Gasteiger partial charge in [0, 0.05) is 12.5 Å². The molecule has 0 N–H and O–H groups in total. The van der Waals surface area contributed by atoms with E-state index in [9.17, 15) is 0 Å². The van der Waals surface area contributed by atoms with Crippen LogP contribution >= 0.6 is 0 Å². The van der Waals surface area contributed by atoms with Crippen molar-refractivity contribution in [3.05, 3.63) is 36.5 Å². The lowest BCUT2D eigenvalue weighted by Gasteiger charge is -2.31. The molecule has 24 heavy (non-hydrogen) atoms. The molecule has 1 rings (SSSR count). The Balaban J connectivity index is 2.28. The minimum atomic E-state index is -0.159. The van der Waals surface area contributed by atoms with Gasteiger partial charge in [0.05, 0.1) is 24.4 Å². The average molecular weight is 336 g/mol. The van der Waals surface area contributed by atoms with Crippen LogP contribution in [0, 0.1) is 5.92 Å². The van der Waals surface area contributed by atoms with Crippen molar-refractivity contribution < 1.29 is 9.47 Å². The first kappa shape index (κ1) is 21.1. The van der Waals surface area contributed by atoms with Crippen LogP contribution in [0.15, 0.2) is 36.5 Å². The number of rotatable bonds is 11. The number of nitrogens with zero attached hydrogens (tertiary/aromatic N) is 1. The third-order valence-corrected chi connectivity index (χ3v) is 4.50. The highest BCUT2D eigenvalue weighted by Crippen LogP contribution is 2.23. The summed E-state index contributed by atoms with van der Waals surface area (Å²) in [7, 11) is 4.19. The smallest absolute Gasteiger partial charge is 0.0648 e. The fourth-order valence-electron chi connectivity index (χ4n) is 2.50. The molecule has 0 aromatic heterocycles. The first-order chi connectivity index (χ1) is 11.1. The predicted octanol–water partition coefficient (Wildman–Crippen LogP) is 4.61. The van der Waals surface area contributed by atoms with E-state index in [2.05, 4.69) is 71.5 Å². The van der Waals surface area contributed by atoms with E-state index >= 15 is 0 Å². The molecular weight excluding hydrogens is 298 g/mol. The molecule has 1 atom stereocenters. The molecule has 0 bridgehead atoms. The molecule has 0 spiro atoms. The van der Waals surface area contributed by atoms with Crippen LogP contribution in [0.25, 0.3) is 0 Å². The van der Waals surface area contributed by atoms with E-state index in [1.54, 1.807) is 0 Å². The fraction of sp³-hybridized carbons (Fsp3) is 0.714. The summed E-state index contributed by atoms with van der Waals surface area (Å²) in [4.78, 5) is 2.20. The maximum absolute atomic E-state index is 6.16. The fourth-order valence-corrected chi connectivity index (χ4v) is 2.50. The molecule has 1 unspecified atom stereocenters. The zero-order chi connectivity index (χ0) is 18.2. The Bertz CT molecular complexity index is 447. The molecule has 1 aliphatic carbocycles. The van der Waals surface area contributed by atoms with Crippen molar-refractivity contribution >= 4 is 0 Å². The molecule has 0 saturated carbocycles. The minimum Gasteiger partial charge on any atom is -0.375 e. The Morgan fingerprint density at radius 3 is 2.38 bits per heavy atom. The Morgan fingerprint density at radius 1 is 1.17 bits per heavy atom. The van der Waals surface area contributed by atoms with Gasteiger partial charge in [-0.2, -0.15) is 0 Å². The van der Waals surface area contributed by atoms with Gasteiger partial charge < -0.3 is 14.4 Å². The first-order valence-electron chi connectivity index (χ1n) is 9.07. The highest BCUT2D eigenvalue weighted by atomic mass is 16.5. The van der Waals surface area contributed by atoms with E-state index in [-0.39, 0.29) is 11.2 Å². The van der Waals surface area contributed by atoms with Crippen LogP contribution in [0.2, 0.25) is 0 Å². The van der Waals surface area contributed by atoms with Crippen molar-refractivity contribution in [1.82, 2.24) is 4.90 Å². The zero-order valence-corrected chi connectivity index (χ0v) is 16.6. The molecule has 0 aliphatic heterocycles. The second-order valence-electron chi connectivity index (χ2n) is 8.25. The molecule has 138 valence electrons. The molecule has 0 aromatic carbocycles.